The van der Waals surface area contributed by atoms with Gasteiger partial charge in [0, 0.05) is 30.8 Å². The third kappa shape index (κ3) is 5.32. The van der Waals surface area contributed by atoms with E-state index in [-0.39, 0.29) is 11.2 Å². The molecule has 0 radical (unpaired) electrons. The summed E-state index contributed by atoms with van der Waals surface area (Å²) in [7, 11) is 2.04. The van der Waals surface area contributed by atoms with Gasteiger partial charge in [-0.2, -0.15) is 0 Å². The zero-order chi connectivity index (χ0) is 21.6. The second-order valence-corrected chi connectivity index (χ2v) is 7.61. The van der Waals surface area contributed by atoms with Crippen molar-refractivity contribution in [2.24, 2.45) is 0 Å². The molecule has 5 nitrogen and oxygen atoms in total. The van der Waals surface area contributed by atoms with Crippen LogP contribution in [-0.4, -0.2) is 30.2 Å². The fraction of sp³-hybridized carbons (Fsp3) is 0.192. The number of phenolic OH excluding ortho intramolecular Hbond substituents is 1. The average molecular weight is 415 g/mol. The summed E-state index contributed by atoms with van der Waals surface area (Å²) >= 11 is 0. The van der Waals surface area contributed by atoms with Gasteiger partial charge in [0.1, 0.15) is 22.8 Å². The molecule has 1 aromatic heterocycles. The molecule has 0 aliphatic carbocycles. The summed E-state index contributed by atoms with van der Waals surface area (Å²) in [4.78, 5) is 14.7. The number of benzene rings is 3. The van der Waals surface area contributed by atoms with Gasteiger partial charge in [-0.3, -0.25) is 4.79 Å². The lowest BCUT2D eigenvalue weighted by Crippen LogP contribution is -2.20. The Morgan fingerprint density at radius 3 is 2.61 bits per heavy atom. The fourth-order valence-electron chi connectivity index (χ4n) is 3.54. The van der Waals surface area contributed by atoms with Crippen LogP contribution in [-0.2, 0) is 6.54 Å². The van der Waals surface area contributed by atoms with Gasteiger partial charge in [-0.1, -0.05) is 42.5 Å². The molecule has 0 saturated heterocycles. The number of hydrogen-bond acceptors (Lipinski definition) is 5. The highest BCUT2D eigenvalue weighted by Gasteiger charge is 2.08. The van der Waals surface area contributed by atoms with Gasteiger partial charge in [0.15, 0.2) is 5.43 Å². The zero-order valence-corrected chi connectivity index (χ0v) is 17.5. The Hall–Kier alpha value is -3.57. The Morgan fingerprint density at radius 2 is 1.81 bits per heavy atom. The van der Waals surface area contributed by atoms with Crippen molar-refractivity contribution in [1.29, 1.82) is 0 Å². The maximum Gasteiger partial charge on any atom is 0.193 e. The van der Waals surface area contributed by atoms with Crippen molar-refractivity contribution in [3.8, 4) is 22.8 Å². The van der Waals surface area contributed by atoms with Crippen LogP contribution in [0, 0.1) is 0 Å². The zero-order valence-electron chi connectivity index (χ0n) is 17.5. The van der Waals surface area contributed by atoms with E-state index in [9.17, 15) is 9.90 Å². The number of rotatable bonds is 8. The second kappa shape index (κ2) is 9.49. The van der Waals surface area contributed by atoms with Crippen molar-refractivity contribution in [2.45, 2.75) is 13.0 Å². The first-order valence-electron chi connectivity index (χ1n) is 10.3. The number of fused-ring (bicyclic) bond motifs is 1. The van der Waals surface area contributed by atoms with E-state index in [1.165, 1.54) is 6.07 Å². The fourth-order valence-corrected chi connectivity index (χ4v) is 3.54. The molecule has 0 aliphatic heterocycles. The molecule has 0 unspecified atom stereocenters. The lowest BCUT2D eigenvalue weighted by Gasteiger charge is -2.17. The molecule has 3 aromatic carbocycles. The Balaban J connectivity index is 1.37. The van der Waals surface area contributed by atoms with Gasteiger partial charge in [-0.05, 0) is 43.3 Å². The van der Waals surface area contributed by atoms with Gasteiger partial charge in [0.2, 0.25) is 0 Å². The summed E-state index contributed by atoms with van der Waals surface area (Å²) in [5.74, 6) is 1.51. The number of aromatic hydroxyl groups is 1. The van der Waals surface area contributed by atoms with Crippen molar-refractivity contribution in [2.75, 3.05) is 20.2 Å². The summed E-state index contributed by atoms with van der Waals surface area (Å²) < 4.78 is 11.9. The standard InChI is InChI=1S/C26H25NO4/c1-27(18-19-7-5-10-21(28)15-19)13-6-14-30-22-11-12-23-24(29)17-25(31-26(23)16-22)20-8-3-2-4-9-20/h2-5,7-12,15-17,28H,6,13-14,18H2,1H3. The van der Waals surface area contributed by atoms with E-state index < -0.39 is 0 Å². The molecular formula is C26H25NO4. The number of ether oxygens (including phenoxy) is 1. The highest BCUT2D eigenvalue weighted by atomic mass is 16.5. The van der Waals surface area contributed by atoms with E-state index in [2.05, 4.69) is 4.90 Å². The lowest BCUT2D eigenvalue weighted by atomic mass is 10.1. The number of phenols is 1. The Bertz CT molecular complexity index is 1220. The second-order valence-electron chi connectivity index (χ2n) is 7.61. The van der Waals surface area contributed by atoms with Gasteiger partial charge in [-0.15, -0.1) is 0 Å². The molecule has 0 bridgehead atoms. The van der Waals surface area contributed by atoms with Crippen LogP contribution >= 0.6 is 0 Å². The molecule has 0 spiro atoms. The third-order valence-corrected chi connectivity index (χ3v) is 5.07. The van der Waals surface area contributed by atoms with Gasteiger partial charge in [-0.25, -0.2) is 0 Å². The van der Waals surface area contributed by atoms with Gasteiger partial charge in [0.25, 0.3) is 0 Å². The Kier molecular flexibility index (Phi) is 6.34. The summed E-state index contributed by atoms with van der Waals surface area (Å²) in [5.41, 5.74) is 2.38. The smallest absolute Gasteiger partial charge is 0.193 e. The predicted octanol–water partition coefficient (Wildman–Crippen LogP) is 5.07. The van der Waals surface area contributed by atoms with Crippen LogP contribution in [0.2, 0.25) is 0 Å². The third-order valence-electron chi connectivity index (χ3n) is 5.07. The van der Waals surface area contributed by atoms with Gasteiger partial charge < -0.3 is 19.2 Å². The van der Waals surface area contributed by atoms with Crippen molar-refractivity contribution >= 4 is 11.0 Å². The average Bonchev–Trinajstić information content (AvgIpc) is 2.77. The minimum absolute atomic E-state index is 0.0692. The van der Waals surface area contributed by atoms with Crippen LogP contribution < -0.4 is 10.2 Å². The predicted molar refractivity (Wildman–Crippen MR) is 122 cm³/mol. The van der Waals surface area contributed by atoms with Crippen LogP contribution in [0.25, 0.3) is 22.3 Å². The molecule has 0 saturated carbocycles. The first kappa shape index (κ1) is 20.7. The van der Waals surface area contributed by atoms with Crippen molar-refractivity contribution in [1.82, 2.24) is 4.90 Å². The van der Waals surface area contributed by atoms with E-state index in [0.29, 0.717) is 29.1 Å². The summed E-state index contributed by atoms with van der Waals surface area (Å²) in [6.07, 6.45) is 0.849. The highest BCUT2D eigenvalue weighted by Crippen LogP contribution is 2.25. The molecule has 4 aromatic rings. The first-order valence-corrected chi connectivity index (χ1v) is 10.3. The molecule has 5 heteroatoms. The molecule has 0 aliphatic rings. The minimum atomic E-state index is -0.0692. The molecule has 0 atom stereocenters. The molecular weight excluding hydrogens is 390 g/mol. The highest BCUT2D eigenvalue weighted by molar-refractivity contribution is 5.80. The van der Waals surface area contributed by atoms with Crippen molar-refractivity contribution in [3.63, 3.8) is 0 Å². The molecule has 1 heterocycles. The molecule has 1 N–H and O–H groups in total. The van der Waals surface area contributed by atoms with Gasteiger partial charge in [0.05, 0.1) is 12.0 Å². The largest absolute Gasteiger partial charge is 0.508 e. The molecule has 31 heavy (non-hydrogen) atoms. The molecule has 158 valence electrons. The minimum Gasteiger partial charge on any atom is -0.508 e. The van der Waals surface area contributed by atoms with E-state index in [1.54, 1.807) is 30.3 Å². The maximum absolute atomic E-state index is 12.5. The Morgan fingerprint density at radius 1 is 0.968 bits per heavy atom. The van der Waals surface area contributed by atoms with Crippen molar-refractivity contribution in [3.05, 3.63) is 94.6 Å². The van der Waals surface area contributed by atoms with Gasteiger partial charge >= 0.3 is 0 Å². The van der Waals surface area contributed by atoms with Crippen LogP contribution in [0.3, 0.4) is 0 Å². The van der Waals surface area contributed by atoms with E-state index >= 15 is 0 Å². The Labute approximate surface area is 181 Å². The topological polar surface area (TPSA) is 62.9 Å². The molecule has 4 rings (SSSR count). The van der Waals surface area contributed by atoms with E-state index in [1.807, 2.05) is 49.5 Å². The molecule has 0 amide bonds. The van der Waals surface area contributed by atoms with Crippen molar-refractivity contribution < 1.29 is 14.3 Å². The first-order chi connectivity index (χ1) is 15.1. The maximum atomic E-state index is 12.5. The molecule has 0 fully saturated rings. The summed E-state index contributed by atoms with van der Waals surface area (Å²) in [6.45, 7) is 2.17. The quantitative estimate of drug-likeness (QED) is 0.407. The van der Waals surface area contributed by atoms with Crippen LogP contribution in [0.5, 0.6) is 11.5 Å². The SMILES string of the molecule is CN(CCCOc1ccc2c(=O)cc(-c3ccccc3)oc2c1)Cc1cccc(O)c1. The van der Waals surface area contributed by atoms with E-state index in [0.717, 1.165) is 30.6 Å². The normalized spacial score (nSPS) is 11.2. The number of nitrogens with zero attached hydrogens (tertiary/aromatic N) is 1. The van der Waals surface area contributed by atoms with Crippen LogP contribution in [0.4, 0.5) is 0 Å². The van der Waals surface area contributed by atoms with Crippen LogP contribution in [0.15, 0.2) is 88.1 Å². The summed E-state index contributed by atoms with van der Waals surface area (Å²) in [5, 5.41) is 10.1. The number of hydrogen-bond donors (Lipinski definition) is 1. The van der Waals surface area contributed by atoms with E-state index in [4.69, 9.17) is 9.15 Å². The monoisotopic (exact) mass is 415 g/mol. The summed E-state index contributed by atoms with van der Waals surface area (Å²) in [6, 6.07) is 23.7. The van der Waals surface area contributed by atoms with Crippen LogP contribution in [0.1, 0.15) is 12.0 Å². The lowest BCUT2D eigenvalue weighted by molar-refractivity contribution is 0.258.